The normalized spacial score (nSPS) is 14.1. The number of likely N-dealkylation sites (N-methyl/N-ethyl adjacent to an activating group) is 1. The number of carbonyl (C=O) groups is 2. The molecule has 0 saturated carbocycles. The second-order valence-electron chi connectivity index (χ2n) is 23.1. The van der Waals surface area contributed by atoms with Crippen LogP contribution < -0.4 is 4.89 Å². The standard InChI is InChI=1S/C74H124NO8P/c1-6-8-10-12-14-16-18-20-22-24-26-28-30-32-33-34-35-36-37-38-39-40-41-43-45-47-49-51-53-55-57-59-61-63-65-67-74(77)83-72(71-82-84(78,79)81-69-68-75(3,4)5)70-80-73(76)66-64-62-60-58-56-54-52-50-48-46-44-42-31-29-27-25-23-21-19-17-15-13-11-9-7-2/h8,10,14,16,19-22,25-28,31-33,35-36,38-39,41-43,47,49,72H,6-7,9,11-13,15,17-18,23-24,29-30,34,37,40,44-46,48,50-71H2,1-5H3/b10-8-,16-14-,21-19-,22-20-,27-25-,28-26-,33-32-,36-35-,39-38-,42-31-,43-41-,49-47-. The molecule has 0 heterocycles. The molecule has 0 aliphatic carbocycles. The summed E-state index contributed by atoms with van der Waals surface area (Å²) in [5.74, 6) is -0.857. The van der Waals surface area contributed by atoms with Gasteiger partial charge in [0.2, 0.25) is 0 Å². The zero-order valence-electron chi connectivity index (χ0n) is 54.3. The molecule has 0 aliphatic rings. The maximum Gasteiger partial charge on any atom is 0.306 e. The van der Waals surface area contributed by atoms with Gasteiger partial charge in [0.15, 0.2) is 6.10 Å². The van der Waals surface area contributed by atoms with Gasteiger partial charge in [0, 0.05) is 12.8 Å². The summed E-state index contributed by atoms with van der Waals surface area (Å²) < 4.78 is 34.3. The highest BCUT2D eigenvalue weighted by Crippen LogP contribution is 2.38. The van der Waals surface area contributed by atoms with Crippen molar-refractivity contribution in [1.29, 1.82) is 0 Å². The Balaban J connectivity index is 4.18. The molecule has 0 aromatic carbocycles. The molecule has 478 valence electrons. The first kappa shape index (κ1) is 79.9. The van der Waals surface area contributed by atoms with Gasteiger partial charge < -0.3 is 27.9 Å². The first-order valence-corrected chi connectivity index (χ1v) is 35.0. The molecule has 0 aliphatic heterocycles. The summed E-state index contributed by atoms with van der Waals surface area (Å²) in [4.78, 5) is 38.0. The van der Waals surface area contributed by atoms with Crippen molar-refractivity contribution >= 4 is 19.8 Å². The van der Waals surface area contributed by atoms with Crippen molar-refractivity contribution in [2.75, 3.05) is 47.5 Å². The third-order valence-corrected chi connectivity index (χ3v) is 14.8. The first-order chi connectivity index (χ1) is 41.0. The summed E-state index contributed by atoms with van der Waals surface area (Å²) in [5.41, 5.74) is 0. The molecule has 0 radical (unpaired) electrons. The molecule has 2 unspecified atom stereocenters. The predicted molar refractivity (Wildman–Crippen MR) is 360 cm³/mol. The molecule has 84 heavy (non-hydrogen) atoms. The molecule has 0 spiro atoms. The van der Waals surface area contributed by atoms with E-state index < -0.39 is 32.5 Å². The number of hydrogen-bond donors (Lipinski definition) is 0. The Hall–Kier alpha value is -4.11. The molecule has 10 heteroatoms. The van der Waals surface area contributed by atoms with Gasteiger partial charge in [-0.05, 0) is 122 Å². The van der Waals surface area contributed by atoms with E-state index >= 15 is 0 Å². The highest BCUT2D eigenvalue weighted by Gasteiger charge is 2.22. The average Bonchev–Trinajstić information content (AvgIpc) is 3.61. The summed E-state index contributed by atoms with van der Waals surface area (Å²) in [7, 11) is 1.14. The molecule has 0 bridgehead atoms. The van der Waals surface area contributed by atoms with Crippen LogP contribution in [0, 0.1) is 0 Å². The van der Waals surface area contributed by atoms with E-state index in [9.17, 15) is 19.0 Å². The number of nitrogens with zero attached hydrogens (tertiary/aromatic N) is 1. The van der Waals surface area contributed by atoms with Crippen LogP contribution in [0.5, 0.6) is 0 Å². The van der Waals surface area contributed by atoms with E-state index in [1.165, 1.54) is 89.9 Å². The Labute approximate surface area is 516 Å². The van der Waals surface area contributed by atoms with Gasteiger partial charge in [-0.25, -0.2) is 0 Å². The van der Waals surface area contributed by atoms with Gasteiger partial charge in [0.1, 0.15) is 19.8 Å². The summed E-state index contributed by atoms with van der Waals surface area (Å²) in [6.07, 6.45) is 93.3. The van der Waals surface area contributed by atoms with Crippen LogP contribution in [0.1, 0.15) is 258 Å². The summed E-state index contributed by atoms with van der Waals surface area (Å²) in [6, 6.07) is 0. The average molecular weight is 1190 g/mol. The Morgan fingerprint density at radius 1 is 0.381 bits per heavy atom. The quantitative estimate of drug-likeness (QED) is 0.0195. The van der Waals surface area contributed by atoms with Gasteiger partial charge in [-0.1, -0.05) is 269 Å². The van der Waals surface area contributed by atoms with E-state index in [0.29, 0.717) is 17.4 Å². The lowest BCUT2D eigenvalue weighted by Gasteiger charge is -2.28. The van der Waals surface area contributed by atoms with Gasteiger partial charge in [0.25, 0.3) is 7.82 Å². The lowest BCUT2D eigenvalue weighted by molar-refractivity contribution is -0.870. The van der Waals surface area contributed by atoms with Crippen LogP contribution in [0.15, 0.2) is 146 Å². The van der Waals surface area contributed by atoms with Crippen LogP contribution in [0.2, 0.25) is 0 Å². The van der Waals surface area contributed by atoms with E-state index in [1.54, 1.807) is 0 Å². The van der Waals surface area contributed by atoms with Crippen LogP contribution in [0.25, 0.3) is 0 Å². The highest BCUT2D eigenvalue weighted by atomic mass is 31.2. The van der Waals surface area contributed by atoms with E-state index in [0.717, 1.165) is 135 Å². The number of esters is 2. The van der Waals surface area contributed by atoms with Gasteiger partial charge >= 0.3 is 11.9 Å². The zero-order chi connectivity index (χ0) is 61.2. The number of unbranched alkanes of at least 4 members (excludes halogenated alkanes) is 22. The third-order valence-electron chi connectivity index (χ3n) is 13.8. The van der Waals surface area contributed by atoms with E-state index in [2.05, 4.69) is 160 Å². The number of quaternary nitrogens is 1. The Morgan fingerprint density at radius 3 is 1.01 bits per heavy atom. The van der Waals surface area contributed by atoms with Crippen LogP contribution in [-0.4, -0.2) is 70.0 Å². The topological polar surface area (TPSA) is 111 Å². The van der Waals surface area contributed by atoms with E-state index in [1.807, 2.05) is 21.1 Å². The van der Waals surface area contributed by atoms with Gasteiger partial charge in [0.05, 0.1) is 27.7 Å². The maximum absolute atomic E-state index is 12.9. The monoisotopic (exact) mass is 1190 g/mol. The number of hydrogen-bond acceptors (Lipinski definition) is 8. The van der Waals surface area contributed by atoms with Crippen LogP contribution in [0.4, 0.5) is 0 Å². The number of rotatable bonds is 60. The fourth-order valence-corrected chi connectivity index (χ4v) is 9.44. The van der Waals surface area contributed by atoms with Crippen molar-refractivity contribution in [2.24, 2.45) is 0 Å². The summed E-state index contributed by atoms with van der Waals surface area (Å²) in [6.45, 7) is 4.09. The number of ether oxygens (including phenoxy) is 2. The Morgan fingerprint density at radius 2 is 0.679 bits per heavy atom. The second-order valence-corrected chi connectivity index (χ2v) is 24.5. The SMILES string of the molecule is CC/C=C\C/C=C\C/C=C\C/C=C\C/C=C\C/C=C\C/C=C\C/C=C\C/C=C\CCCCCCCCCC(=O)OC(COC(=O)CCCCCCCCCCCC/C=C\C/C=C\C/C=C\CCCCCCC)COP(=O)([O-])OCC[N+](C)(C)C. The van der Waals surface area contributed by atoms with Crippen molar-refractivity contribution in [3.8, 4) is 0 Å². The number of allylic oxidation sites excluding steroid dienone is 24. The minimum absolute atomic E-state index is 0.0415. The molecule has 0 aromatic rings. The number of phosphoric ester groups is 1. The largest absolute Gasteiger partial charge is 0.756 e. The molecule has 9 nitrogen and oxygen atoms in total. The molecule has 0 N–H and O–H groups in total. The van der Waals surface area contributed by atoms with E-state index in [-0.39, 0.29) is 26.1 Å². The first-order valence-electron chi connectivity index (χ1n) is 33.5. The zero-order valence-corrected chi connectivity index (χ0v) is 55.2. The van der Waals surface area contributed by atoms with Crippen molar-refractivity contribution < 1.29 is 42.1 Å². The molecule has 0 fully saturated rings. The molecule has 0 amide bonds. The molecule has 2 atom stereocenters. The lowest BCUT2D eigenvalue weighted by atomic mass is 10.1. The molecular formula is C74H124NO8P. The van der Waals surface area contributed by atoms with Gasteiger partial charge in [-0.15, -0.1) is 0 Å². The fourth-order valence-electron chi connectivity index (χ4n) is 8.71. The molecular weight excluding hydrogens is 1060 g/mol. The van der Waals surface area contributed by atoms with Crippen molar-refractivity contribution in [2.45, 2.75) is 264 Å². The molecule has 0 aromatic heterocycles. The van der Waals surface area contributed by atoms with Crippen LogP contribution in [0.3, 0.4) is 0 Å². The van der Waals surface area contributed by atoms with Crippen molar-refractivity contribution in [1.82, 2.24) is 0 Å². The van der Waals surface area contributed by atoms with Gasteiger partial charge in [-0.3, -0.25) is 14.2 Å². The number of phosphoric acid groups is 1. The summed E-state index contributed by atoms with van der Waals surface area (Å²) in [5, 5.41) is 0. The minimum atomic E-state index is -4.66. The number of carbonyl (C=O) groups excluding carboxylic acids is 2. The van der Waals surface area contributed by atoms with Crippen molar-refractivity contribution in [3.63, 3.8) is 0 Å². The van der Waals surface area contributed by atoms with Crippen molar-refractivity contribution in [3.05, 3.63) is 146 Å². The van der Waals surface area contributed by atoms with Crippen LogP contribution >= 0.6 is 7.82 Å². The molecule has 0 rings (SSSR count). The predicted octanol–water partition coefficient (Wildman–Crippen LogP) is 21.2. The fraction of sp³-hybridized carbons (Fsp3) is 0.649. The smallest absolute Gasteiger partial charge is 0.306 e. The lowest BCUT2D eigenvalue weighted by Crippen LogP contribution is -2.37. The highest BCUT2D eigenvalue weighted by molar-refractivity contribution is 7.45. The van der Waals surface area contributed by atoms with Gasteiger partial charge in [-0.2, -0.15) is 0 Å². The molecule has 0 saturated heterocycles. The second kappa shape index (κ2) is 63.4. The maximum atomic E-state index is 12.9. The third kappa shape index (κ3) is 67.0. The Bertz CT molecular complexity index is 1930. The van der Waals surface area contributed by atoms with Crippen LogP contribution in [-0.2, 0) is 32.7 Å². The van der Waals surface area contributed by atoms with E-state index in [4.69, 9.17) is 18.5 Å². The Kier molecular flexibility index (Phi) is 60.3. The summed E-state index contributed by atoms with van der Waals surface area (Å²) >= 11 is 0. The minimum Gasteiger partial charge on any atom is -0.756 e.